The summed E-state index contributed by atoms with van der Waals surface area (Å²) in [6.07, 6.45) is 9.67. The van der Waals surface area contributed by atoms with E-state index in [9.17, 15) is 9.59 Å². The van der Waals surface area contributed by atoms with E-state index in [0.29, 0.717) is 29.2 Å². The Morgan fingerprint density at radius 1 is 1.04 bits per heavy atom. The third-order valence-electron chi connectivity index (χ3n) is 6.70. The molecule has 4 bridgehead atoms. The predicted octanol–water partition coefficient (Wildman–Crippen LogP) is 5.62. The molecule has 5 rings (SSSR count). The van der Waals surface area contributed by atoms with Crippen LogP contribution in [0.3, 0.4) is 0 Å². The summed E-state index contributed by atoms with van der Waals surface area (Å²) < 4.78 is 0. The first-order chi connectivity index (χ1) is 12.9. The number of carbonyl (C=O) groups is 2. The van der Waals surface area contributed by atoms with Crippen LogP contribution in [0, 0.1) is 23.2 Å². The Labute approximate surface area is 166 Å². The van der Waals surface area contributed by atoms with Gasteiger partial charge >= 0.3 is 0 Å². The molecule has 0 unspecified atom stereocenters. The molecular weight excluding hydrogens is 360 g/mol. The number of halogens is 1. The molecule has 4 fully saturated rings. The van der Waals surface area contributed by atoms with Crippen LogP contribution in [-0.4, -0.2) is 11.8 Å². The van der Waals surface area contributed by atoms with Crippen molar-refractivity contribution >= 4 is 34.8 Å². The Kier molecular flexibility index (Phi) is 5.19. The maximum Gasteiger partial charge on any atom is 0.224 e. The van der Waals surface area contributed by atoms with Gasteiger partial charge < -0.3 is 10.6 Å². The number of hydrogen-bond donors (Lipinski definition) is 2. The molecule has 0 saturated heterocycles. The molecule has 0 radical (unpaired) electrons. The fourth-order valence-corrected chi connectivity index (χ4v) is 6.36. The first kappa shape index (κ1) is 18.8. The quantitative estimate of drug-likeness (QED) is 0.664. The Bertz CT molecular complexity index is 711. The summed E-state index contributed by atoms with van der Waals surface area (Å²) in [5.74, 6) is 2.54. The molecule has 4 nitrogen and oxygen atoms in total. The minimum Gasteiger partial charge on any atom is -0.326 e. The summed E-state index contributed by atoms with van der Waals surface area (Å²) in [4.78, 5) is 24.6. The van der Waals surface area contributed by atoms with E-state index < -0.39 is 0 Å². The maximum atomic E-state index is 12.8. The van der Waals surface area contributed by atoms with Crippen molar-refractivity contribution in [1.29, 1.82) is 0 Å². The van der Waals surface area contributed by atoms with Crippen molar-refractivity contribution in [2.45, 2.75) is 64.7 Å². The zero-order valence-electron chi connectivity index (χ0n) is 16.0. The average molecular weight is 389 g/mol. The van der Waals surface area contributed by atoms with Crippen molar-refractivity contribution in [3.63, 3.8) is 0 Å². The molecule has 0 spiro atoms. The second-order valence-corrected chi connectivity index (χ2v) is 9.54. The monoisotopic (exact) mass is 388 g/mol. The van der Waals surface area contributed by atoms with E-state index in [1.54, 1.807) is 18.2 Å². The zero-order chi connectivity index (χ0) is 19.0. The molecule has 146 valence electrons. The molecule has 2 amide bonds. The van der Waals surface area contributed by atoms with Crippen LogP contribution in [0.4, 0.5) is 11.4 Å². The second kappa shape index (κ2) is 7.46. The lowest BCUT2D eigenvalue weighted by Gasteiger charge is -2.56. The van der Waals surface area contributed by atoms with E-state index in [1.165, 1.54) is 38.5 Å². The molecule has 1 aromatic rings. The van der Waals surface area contributed by atoms with Gasteiger partial charge in [0.25, 0.3) is 0 Å². The minimum atomic E-state index is -0.0225. The molecule has 4 saturated carbocycles. The Morgan fingerprint density at radius 3 is 2.26 bits per heavy atom. The first-order valence-electron chi connectivity index (χ1n) is 10.3. The molecule has 4 aliphatic rings. The van der Waals surface area contributed by atoms with Crippen molar-refractivity contribution in [3.8, 4) is 0 Å². The summed E-state index contributed by atoms with van der Waals surface area (Å²) >= 11 is 6.29. The summed E-state index contributed by atoms with van der Waals surface area (Å²) in [6.45, 7) is 1.97. The summed E-state index contributed by atoms with van der Waals surface area (Å²) in [5, 5.41) is 6.37. The first-order valence-corrected chi connectivity index (χ1v) is 10.7. The molecule has 2 N–H and O–H groups in total. The van der Waals surface area contributed by atoms with Gasteiger partial charge in [-0.15, -0.1) is 0 Å². The maximum absolute atomic E-state index is 12.8. The van der Waals surface area contributed by atoms with Gasteiger partial charge in [-0.05, 0) is 86.3 Å². The third kappa shape index (κ3) is 4.16. The third-order valence-corrected chi connectivity index (χ3v) is 7.03. The van der Waals surface area contributed by atoms with Crippen molar-refractivity contribution in [1.82, 2.24) is 0 Å². The van der Waals surface area contributed by atoms with Crippen molar-refractivity contribution in [2.24, 2.45) is 23.2 Å². The molecule has 0 heterocycles. The van der Waals surface area contributed by atoms with Gasteiger partial charge in [-0.1, -0.05) is 18.5 Å². The molecular formula is C22H29ClN2O2. The lowest BCUT2D eigenvalue weighted by atomic mass is 9.49. The van der Waals surface area contributed by atoms with E-state index in [-0.39, 0.29) is 17.2 Å². The van der Waals surface area contributed by atoms with E-state index in [4.69, 9.17) is 11.6 Å². The van der Waals surface area contributed by atoms with Gasteiger partial charge in [-0.3, -0.25) is 9.59 Å². The van der Waals surface area contributed by atoms with Crippen LogP contribution in [0.1, 0.15) is 64.7 Å². The Balaban J connectivity index is 1.41. The number of anilines is 2. The Morgan fingerprint density at radius 2 is 1.67 bits per heavy atom. The van der Waals surface area contributed by atoms with Crippen LogP contribution in [0.2, 0.25) is 5.02 Å². The molecule has 27 heavy (non-hydrogen) atoms. The number of hydrogen-bond acceptors (Lipinski definition) is 2. The number of nitrogens with one attached hydrogen (secondary N) is 2. The van der Waals surface area contributed by atoms with Gasteiger partial charge in [0.1, 0.15) is 0 Å². The fourth-order valence-electron chi connectivity index (χ4n) is 6.19. The van der Waals surface area contributed by atoms with Crippen LogP contribution < -0.4 is 10.6 Å². The normalized spacial score (nSPS) is 31.0. The van der Waals surface area contributed by atoms with Gasteiger partial charge in [0.2, 0.25) is 11.8 Å². The fraction of sp³-hybridized carbons (Fsp3) is 0.636. The minimum absolute atomic E-state index is 0.0225. The predicted molar refractivity (Wildman–Crippen MR) is 109 cm³/mol. The number of benzene rings is 1. The highest BCUT2D eigenvalue weighted by atomic mass is 35.5. The lowest BCUT2D eigenvalue weighted by Crippen LogP contribution is -2.47. The standard InChI is InChI=1S/C22H29ClN2O2/c1-2-3-20(26)24-17-4-5-18(23)19(9-17)25-21(27)13-22-10-14-6-15(11-22)8-16(7-14)12-22/h4-5,9,14-16H,2-3,6-8,10-13H2,1H3,(H,24,26)(H,25,27). The van der Waals surface area contributed by atoms with Crippen molar-refractivity contribution in [3.05, 3.63) is 23.2 Å². The molecule has 4 aliphatic carbocycles. The Hall–Kier alpha value is -1.55. The van der Waals surface area contributed by atoms with Crippen molar-refractivity contribution in [2.75, 3.05) is 10.6 Å². The smallest absolute Gasteiger partial charge is 0.224 e. The SMILES string of the molecule is CCCC(=O)Nc1ccc(Cl)c(NC(=O)CC23CC4CC(CC(C4)C2)C3)c1. The van der Waals surface area contributed by atoms with E-state index in [2.05, 4.69) is 10.6 Å². The van der Waals surface area contributed by atoms with Crippen LogP contribution in [-0.2, 0) is 9.59 Å². The largest absolute Gasteiger partial charge is 0.326 e. The molecule has 0 atom stereocenters. The van der Waals surface area contributed by atoms with Crippen LogP contribution in [0.15, 0.2) is 18.2 Å². The van der Waals surface area contributed by atoms with Crippen molar-refractivity contribution < 1.29 is 9.59 Å². The van der Waals surface area contributed by atoms with E-state index >= 15 is 0 Å². The summed E-state index contributed by atoms with van der Waals surface area (Å²) in [7, 11) is 0. The summed E-state index contributed by atoms with van der Waals surface area (Å²) in [6, 6.07) is 5.25. The lowest BCUT2D eigenvalue weighted by molar-refractivity contribution is -0.124. The zero-order valence-corrected chi connectivity index (χ0v) is 16.8. The van der Waals surface area contributed by atoms with Crippen LogP contribution >= 0.6 is 11.6 Å². The molecule has 0 aromatic heterocycles. The van der Waals surface area contributed by atoms with Crippen LogP contribution in [0.5, 0.6) is 0 Å². The molecule has 1 aromatic carbocycles. The number of rotatable bonds is 6. The van der Waals surface area contributed by atoms with Gasteiger partial charge in [0.05, 0.1) is 10.7 Å². The topological polar surface area (TPSA) is 58.2 Å². The second-order valence-electron chi connectivity index (χ2n) is 9.14. The van der Waals surface area contributed by atoms with Gasteiger partial charge in [-0.25, -0.2) is 0 Å². The van der Waals surface area contributed by atoms with E-state index in [0.717, 1.165) is 24.2 Å². The molecule has 5 heteroatoms. The number of amides is 2. The number of carbonyl (C=O) groups excluding carboxylic acids is 2. The highest BCUT2D eigenvalue weighted by Crippen LogP contribution is 2.61. The molecule has 0 aliphatic heterocycles. The highest BCUT2D eigenvalue weighted by Gasteiger charge is 2.51. The average Bonchev–Trinajstić information content (AvgIpc) is 2.56. The summed E-state index contributed by atoms with van der Waals surface area (Å²) in [5.41, 5.74) is 1.46. The van der Waals surface area contributed by atoms with Gasteiger partial charge in [0, 0.05) is 18.5 Å². The van der Waals surface area contributed by atoms with Crippen LogP contribution in [0.25, 0.3) is 0 Å². The van der Waals surface area contributed by atoms with Gasteiger partial charge in [-0.2, -0.15) is 0 Å². The van der Waals surface area contributed by atoms with Gasteiger partial charge in [0.15, 0.2) is 0 Å². The highest BCUT2D eigenvalue weighted by molar-refractivity contribution is 6.33. The van der Waals surface area contributed by atoms with E-state index in [1.807, 2.05) is 6.92 Å².